The van der Waals surface area contributed by atoms with Crippen molar-refractivity contribution in [3.8, 4) is 0 Å². The number of hydrogen-bond acceptors (Lipinski definition) is 3. The molecule has 1 aromatic heterocycles. The molecule has 0 N–H and O–H groups in total. The van der Waals surface area contributed by atoms with Crippen LogP contribution in [-0.4, -0.2) is 47.0 Å². The maximum Gasteiger partial charge on any atom is 0.0543 e. The molecule has 1 unspecified atom stereocenters. The van der Waals surface area contributed by atoms with Gasteiger partial charge >= 0.3 is 0 Å². The minimum Gasteiger partial charge on any atom is -0.300 e. The first-order valence-corrected chi connectivity index (χ1v) is 7.62. The molecular weight excluding hydrogens is 234 g/mol. The number of likely N-dealkylation sites (tertiary alicyclic amines) is 2. The number of rotatable bonds is 4. The first-order chi connectivity index (χ1) is 9.26. The van der Waals surface area contributed by atoms with E-state index in [0.717, 1.165) is 24.4 Å². The van der Waals surface area contributed by atoms with Gasteiger partial charge in [0.2, 0.25) is 0 Å². The highest BCUT2D eigenvalue weighted by Crippen LogP contribution is 2.33. The van der Waals surface area contributed by atoms with Crippen molar-refractivity contribution in [1.29, 1.82) is 0 Å². The van der Waals surface area contributed by atoms with Crippen molar-refractivity contribution < 1.29 is 0 Å². The Balaban J connectivity index is 1.54. The highest BCUT2D eigenvalue weighted by Gasteiger charge is 2.40. The second-order valence-electron chi connectivity index (χ2n) is 6.25. The van der Waals surface area contributed by atoms with Gasteiger partial charge in [0, 0.05) is 45.0 Å². The molecule has 19 heavy (non-hydrogen) atoms. The second kappa shape index (κ2) is 5.59. The number of pyridine rings is 1. The molecule has 104 valence electrons. The molecule has 2 fully saturated rings. The molecule has 0 amide bonds. The molecule has 2 aliphatic heterocycles. The van der Waals surface area contributed by atoms with Gasteiger partial charge in [-0.15, -0.1) is 0 Å². The molecule has 0 aromatic carbocycles. The Bertz CT molecular complexity index is 392. The molecule has 0 radical (unpaired) electrons. The first-order valence-electron chi connectivity index (χ1n) is 7.62. The van der Waals surface area contributed by atoms with Crippen LogP contribution in [0.4, 0.5) is 0 Å². The summed E-state index contributed by atoms with van der Waals surface area (Å²) >= 11 is 0. The summed E-state index contributed by atoms with van der Waals surface area (Å²) in [5.41, 5.74) is 1.21. The normalized spacial score (nSPS) is 29.6. The van der Waals surface area contributed by atoms with Crippen LogP contribution < -0.4 is 0 Å². The fourth-order valence-corrected chi connectivity index (χ4v) is 3.59. The Hall–Kier alpha value is -0.930. The third-order valence-electron chi connectivity index (χ3n) is 4.92. The zero-order chi connectivity index (χ0) is 13.2. The van der Waals surface area contributed by atoms with Gasteiger partial charge < -0.3 is 4.90 Å². The van der Waals surface area contributed by atoms with Gasteiger partial charge in [0.25, 0.3) is 0 Å². The number of fused-ring (bicyclic) bond motifs is 1. The largest absolute Gasteiger partial charge is 0.300 e. The molecule has 2 aliphatic rings. The smallest absolute Gasteiger partial charge is 0.0543 e. The average molecular weight is 259 g/mol. The van der Waals surface area contributed by atoms with E-state index in [1.165, 1.54) is 38.3 Å². The molecule has 3 nitrogen and oxygen atoms in total. The second-order valence-corrected chi connectivity index (χ2v) is 6.25. The molecule has 3 rings (SSSR count). The Morgan fingerprint density at radius 1 is 1.21 bits per heavy atom. The lowest BCUT2D eigenvalue weighted by molar-refractivity contribution is 0.206. The van der Waals surface area contributed by atoms with Crippen molar-refractivity contribution in [2.45, 2.75) is 32.9 Å². The molecule has 3 heteroatoms. The molecule has 0 saturated carbocycles. The Kier molecular flexibility index (Phi) is 3.85. The number of hydrogen-bond donors (Lipinski definition) is 0. The minimum absolute atomic E-state index is 0.759. The summed E-state index contributed by atoms with van der Waals surface area (Å²) < 4.78 is 0. The number of nitrogens with zero attached hydrogens (tertiary/aromatic N) is 3. The van der Waals surface area contributed by atoms with Gasteiger partial charge in [0.1, 0.15) is 0 Å². The van der Waals surface area contributed by atoms with Gasteiger partial charge in [0.15, 0.2) is 0 Å². The third kappa shape index (κ3) is 2.82. The Morgan fingerprint density at radius 2 is 1.95 bits per heavy atom. The molecule has 3 heterocycles. The van der Waals surface area contributed by atoms with E-state index in [-0.39, 0.29) is 0 Å². The van der Waals surface area contributed by atoms with Crippen LogP contribution in [-0.2, 0) is 6.54 Å². The van der Waals surface area contributed by atoms with Crippen LogP contribution in [0.5, 0.6) is 0 Å². The summed E-state index contributed by atoms with van der Waals surface area (Å²) in [4.78, 5) is 9.72. The lowest BCUT2D eigenvalue weighted by Crippen LogP contribution is -2.34. The first kappa shape index (κ1) is 13.1. The van der Waals surface area contributed by atoms with Crippen LogP contribution in [0.3, 0.4) is 0 Å². The van der Waals surface area contributed by atoms with E-state index in [1.54, 1.807) is 0 Å². The van der Waals surface area contributed by atoms with E-state index in [9.17, 15) is 0 Å². The van der Waals surface area contributed by atoms with Crippen molar-refractivity contribution in [2.75, 3.05) is 26.2 Å². The Morgan fingerprint density at radius 3 is 2.53 bits per heavy atom. The monoisotopic (exact) mass is 259 g/mol. The van der Waals surface area contributed by atoms with E-state index in [0.29, 0.717) is 0 Å². The van der Waals surface area contributed by atoms with E-state index >= 15 is 0 Å². The maximum atomic E-state index is 4.44. The SMILES string of the molecule is CCC(C)N1C[C@H]2CN(Cc3ccccn3)C[C@H]2C1. The van der Waals surface area contributed by atoms with E-state index in [2.05, 4.69) is 40.8 Å². The fraction of sp³-hybridized carbons (Fsp3) is 0.688. The van der Waals surface area contributed by atoms with Gasteiger partial charge in [-0.25, -0.2) is 0 Å². The van der Waals surface area contributed by atoms with Crippen LogP contribution in [0.15, 0.2) is 24.4 Å². The summed E-state index contributed by atoms with van der Waals surface area (Å²) in [6.07, 6.45) is 3.17. The zero-order valence-corrected chi connectivity index (χ0v) is 12.1. The predicted octanol–water partition coefficient (Wildman–Crippen LogP) is 2.24. The summed E-state index contributed by atoms with van der Waals surface area (Å²) in [6.45, 7) is 10.8. The van der Waals surface area contributed by atoms with Gasteiger partial charge in [-0.3, -0.25) is 9.88 Å². The van der Waals surface area contributed by atoms with Gasteiger partial charge in [0.05, 0.1) is 5.69 Å². The molecule has 0 aliphatic carbocycles. The topological polar surface area (TPSA) is 19.4 Å². The van der Waals surface area contributed by atoms with Gasteiger partial charge in [-0.1, -0.05) is 13.0 Å². The summed E-state index contributed by atoms with van der Waals surface area (Å²) in [7, 11) is 0. The Labute approximate surface area is 116 Å². The minimum atomic E-state index is 0.759. The molecule has 0 bridgehead atoms. The van der Waals surface area contributed by atoms with E-state index in [1.807, 2.05) is 12.3 Å². The standard InChI is InChI=1S/C16H25N3/c1-3-13(2)19-10-14-8-18(9-15(14)11-19)12-16-6-4-5-7-17-16/h4-7,13-15H,3,8-12H2,1-2H3/t13?,14-,15+. The lowest BCUT2D eigenvalue weighted by atomic mass is 10.0. The summed E-state index contributed by atoms with van der Waals surface area (Å²) in [5, 5.41) is 0. The zero-order valence-electron chi connectivity index (χ0n) is 12.1. The van der Waals surface area contributed by atoms with Crippen molar-refractivity contribution >= 4 is 0 Å². The van der Waals surface area contributed by atoms with Crippen LogP contribution in [0.25, 0.3) is 0 Å². The van der Waals surface area contributed by atoms with Crippen molar-refractivity contribution in [2.24, 2.45) is 11.8 Å². The maximum absolute atomic E-state index is 4.44. The molecule has 1 aromatic rings. The van der Waals surface area contributed by atoms with Crippen molar-refractivity contribution in [3.63, 3.8) is 0 Å². The van der Waals surface area contributed by atoms with Crippen molar-refractivity contribution in [3.05, 3.63) is 30.1 Å². The van der Waals surface area contributed by atoms with Crippen LogP contribution >= 0.6 is 0 Å². The van der Waals surface area contributed by atoms with Gasteiger partial charge in [-0.2, -0.15) is 0 Å². The molecule has 2 saturated heterocycles. The highest BCUT2D eigenvalue weighted by atomic mass is 15.2. The predicted molar refractivity (Wildman–Crippen MR) is 77.8 cm³/mol. The molecule has 0 spiro atoms. The lowest BCUT2D eigenvalue weighted by Gasteiger charge is -2.25. The number of aromatic nitrogens is 1. The molecular formula is C16H25N3. The van der Waals surface area contributed by atoms with E-state index in [4.69, 9.17) is 0 Å². The fourth-order valence-electron chi connectivity index (χ4n) is 3.59. The van der Waals surface area contributed by atoms with Gasteiger partial charge in [-0.05, 0) is 37.3 Å². The van der Waals surface area contributed by atoms with Crippen molar-refractivity contribution in [1.82, 2.24) is 14.8 Å². The quantitative estimate of drug-likeness (QED) is 0.826. The van der Waals surface area contributed by atoms with Crippen LogP contribution in [0.2, 0.25) is 0 Å². The average Bonchev–Trinajstić information content (AvgIpc) is 2.97. The third-order valence-corrected chi connectivity index (χ3v) is 4.92. The van der Waals surface area contributed by atoms with E-state index < -0.39 is 0 Å². The highest BCUT2D eigenvalue weighted by molar-refractivity contribution is 5.04. The van der Waals surface area contributed by atoms with Crippen LogP contribution in [0.1, 0.15) is 26.0 Å². The van der Waals surface area contributed by atoms with Crippen LogP contribution in [0, 0.1) is 11.8 Å². The summed E-state index contributed by atoms with van der Waals surface area (Å²) in [6, 6.07) is 6.98. The summed E-state index contributed by atoms with van der Waals surface area (Å²) in [5.74, 6) is 1.77. The molecule has 3 atom stereocenters.